The monoisotopic (exact) mass is 281 g/mol. The highest BCUT2D eigenvalue weighted by molar-refractivity contribution is 9.10. The van der Waals surface area contributed by atoms with Gasteiger partial charge in [0.05, 0.1) is 11.3 Å². The molecule has 1 aromatic carbocycles. The Morgan fingerprint density at radius 1 is 1.38 bits per heavy atom. The first-order chi connectivity index (χ1) is 7.75. The zero-order valence-corrected chi connectivity index (χ0v) is 9.74. The minimum atomic E-state index is 0.238. The summed E-state index contributed by atoms with van der Waals surface area (Å²) in [5.74, 6) is 1.88. The molecule has 3 N–H and O–H groups in total. The molecule has 0 unspecified atom stereocenters. The van der Waals surface area contributed by atoms with Crippen molar-refractivity contribution >= 4 is 21.7 Å². The van der Waals surface area contributed by atoms with Gasteiger partial charge in [0.1, 0.15) is 5.82 Å². The summed E-state index contributed by atoms with van der Waals surface area (Å²) in [5, 5.41) is 6.75. The van der Waals surface area contributed by atoms with Gasteiger partial charge in [-0.15, -0.1) is 0 Å². The van der Waals surface area contributed by atoms with Crippen molar-refractivity contribution in [2.75, 3.05) is 12.5 Å². The molecule has 0 aliphatic carbocycles. The van der Waals surface area contributed by atoms with E-state index < -0.39 is 0 Å². The fraction of sp³-hybridized carbons (Fsp3) is 0.100. The second-order valence-corrected chi connectivity index (χ2v) is 4.22. The Hall–Kier alpha value is -1.69. The van der Waals surface area contributed by atoms with E-state index in [1.807, 2.05) is 12.1 Å². The SMILES string of the molecule is Nc1cc(-c2c(Br)ccc3c2OCO3)[nH]n1. The van der Waals surface area contributed by atoms with Crippen LogP contribution in [-0.4, -0.2) is 17.0 Å². The second-order valence-electron chi connectivity index (χ2n) is 3.36. The summed E-state index contributed by atoms with van der Waals surface area (Å²) < 4.78 is 11.7. The van der Waals surface area contributed by atoms with Gasteiger partial charge in [-0.3, -0.25) is 5.10 Å². The molecular formula is C10H8BrN3O2. The van der Waals surface area contributed by atoms with Crippen LogP contribution in [0.1, 0.15) is 0 Å². The van der Waals surface area contributed by atoms with E-state index in [9.17, 15) is 0 Å². The lowest BCUT2D eigenvalue weighted by Gasteiger charge is -2.05. The molecule has 1 aliphatic heterocycles. The normalized spacial score (nSPS) is 13.1. The van der Waals surface area contributed by atoms with Crippen LogP contribution >= 0.6 is 15.9 Å². The molecule has 1 aromatic heterocycles. The van der Waals surface area contributed by atoms with E-state index in [0.717, 1.165) is 21.5 Å². The van der Waals surface area contributed by atoms with Crippen LogP contribution in [0.25, 0.3) is 11.3 Å². The van der Waals surface area contributed by atoms with E-state index in [1.165, 1.54) is 0 Å². The predicted molar refractivity (Wildman–Crippen MR) is 62.3 cm³/mol. The van der Waals surface area contributed by atoms with Crippen LogP contribution in [0.3, 0.4) is 0 Å². The molecule has 2 heterocycles. The molecule has 2 aromatic rings. The average Bonchev–Trinajstić information content (AvgIpc) is 2.86. The second kappa shape index (κ2) is 3.41. The van der Waals surface area contributed by atoms with Gasteiger partial charge in [-0.05, 0) is 28.1 Å². The van der Waals surface area contributed by atoms with Gasteiger partial charge in [-0.2, -0.15) is 5.10 Å². The van der Waals surface area contributed by atoms with Crippen molar-refractivity contribution in [2.24, 2.45) is 0 Å². The number of hydrogen-bond donors (Lipinski definition) is 2. The van der Waals surface area contributed by atoms with Crippen molar-refractivity contribution in [1.82, 2.24) is 10.2 Å². The minimum absolute atomic E-state index is 0.238. The number of nitrogens with one attached hydrogen (secondary N) is 1. The number of fused-ring (bicyclic) bond motifs is 1. The average molecular weight is 282 g/mol. The maximum absolute atomic E-state index is 5.58. The van der Waals surface area contributed by atoms with Crippen molar-refractivity contribution in [3.8, 4) is 22.8 Å². The third-order valence-electron chi connectivity index (χ3n) is 2.36. The molecule has 16 heavy (non-hydrogen) atoms. The lowest BCUT2D eigenvalue weighted by molar-refractivity contribution is 0.174. The molecule has 82 valence electrons. The number of aromatic amines is 1. The van der Waals surface area contributed by atoms with Crippen LogP contribution in [-0.2, 0) is 0 Å². The first-order valence-electron chi connectivity index (χ1n) is 4.65. The summed E-state index contributed by atoms with van der Waals surface area (Å²) >= 11 is 3.47. The smallest absolute Gasteiger partial charge is 0.231 e. The lowest BCUT2D eigenvalue weighted by atomic mass is 10.1. The highest BCUT2D eigenvalue weighted by Gasteiger charge is 2.22. The van der Waals surface area contributed by atoms with Crippen LogP contribution in [0.4, 0.5) is 5.82 Å². The van der Waals surface area contributed by atoms with Crippen LogP contribution in [0, 0.1) is 0 Å². The van der Waals surface area contributed by atoms with E-state index in [2.05, 4.69) is 26.1 Å². The zero-order valence-electron chi connectivity index (χ0n) is 8.16. The van der Waals surface area contributed by atoms with Gasteiger partial charge < -0.3 is 15.2 Å². The summed E-state index contributed by atoms with van der Waals surface area (Å²) in [6.07, 6.45) is 0. The van der Waals surface area contributed by atoms with Crippen LogP contribution in [0.15, 0.2) is 22.7 Å². The van der Waals surface area contributed by atoms with Crippen molar-refractivity contribution in [3.05, 3.63) is 22.7 Å². The molecule has 0 amide bonds. The number of rotatable bonds is 1. The van der Waals surface area contributed by atoms with E-state index in [0.29, 0.717) is 11.6 Å². The molecule has 5 nitrogen and oxygen atoms in total. The van der Waals surface area contributed by atoms with Crippen molar-refractivity contribution in [1.29, 1.82) is 0 Å². The van der Waals surface area contributed by atoms with Gasteiger partial charge in [-0.25, -0.2) is 0 Å². The molecule has 1 aliphatic rings. The van der Waals surface area contributed by atoms with Crippen LogP contribution in [0.2, 0.25) is 0 Å². The standard InChI is InChI=1S/C10H8BrN3O2/c11-5-1-2-7-10(16-4-15-7)9(5)6-3-8(12)14-13-6/h1-3H,4H2,(H3,12,13,14). The molecule has 3 rings (SSSR count). The predicted octanol–water partition coefficient (Wildman–Crippen LogP) is 2.15. The molecule has 0 spiro atoms. The number of H-pyrrole nitrogens is 1. The quantitative estimate of drug-likeness (QED) is 0.840. The Balaban J connectivity index is 2.23. The van der Waals surface area contributed by atoms with E-state index in [1.54, 1.807) is 6.07 Å². The molecule has 0 saturated carbocycles. The van der Waals surface area contributed by atoms with Crippen molar-refractivity contribution in [2.45, 2.75) is 0 Å². The fourth-order valence-electron chi connectivity index (χ4n) is 1.66. The molecule has 0 radical (unpaired) electrons. The van der Waals surface area contributed by atoms with Gasteiger partial charge in [0.25, 0.3) is 0 Å². The Bertz CT molecular complexity index is 553. The number of hydrogen-bond acceptors (Lipinski definition) is 4. The van der Waals surface area contributed by atoms with Crippen LogP contribution < -0.4 is 15.2 Å². The first kappa shape index (κ1) is 9.53. The number of halogens is 1. The summed E-state index contributed by atoms with van der Waals surface area (Å²) in [7, 11) is 0. The Labute approximate surface area is 99.7 Å². The minimum Gasteiger partial charge on any atom is -0.454 e. The van der Waals surface area contributed by atoms with E-state index in [4.69, 9.17) is 15.2 Å². The fourth-order valence-corrected chi connectivity index (χ4v) is 2.19. The lowest BCUT2D eigenvalue weighted by Crippen LogP contribution is -1.93. The maximum atomic E-state index is 5.58. The van der Waals surface area contributed by atoms with Crippen molar-refractivity contribution < 1.29 is 9.47 Å². The van der Waals surface area contributed by atoms with E-state index in [-0.39, 0.29) is 6.79 Å². The summed E-state index contributed by atoms with van der Waals surface area (Å²) in [6, 6.07) is 5.51. The highest BCUT2D eigenvalue weighted by atomic mass is 79.9. The third kappa shape index (κ3) is 1.34. The van der Waals surface area contributed by atoms with Gasteiger partial charge in [0.15, 0.2) is 11.5 Å². The molecule has 0 fully saturated rings. The summed E-state index contributed by atoms with van der Waals surface area (Å²) in [4.78, 5) is 0. The molecule has 0 saturated heterocycles. The molecule has 0 bridgehead atoms. The molecular weight excluding hydrogens is 274 g/mol. The highest BCUT2D eigenvalue weighted by Crippen LogP contribution is 2.45. The van der Waals surface area contributed by atoms with Gasteiger partial charge in [0.2, 0.25) is 6.79 Å². The number of nitrogen functional groups attached to an aromatic ring is 1. The molecule has 0 atom stereocenters. The first-order valence-corrected chi connectivity index (χ1v) is 5.44. The number of anilines is 1. The number of aromatic nitrogens is 2. The maximum Gasteiger partial charge on any atom is 0.231 e. The Kier molecular flexibility index (Phi) is 2.03. The molecule has 6 heteroatoms. The summed E-state index contributed by atoms with van der Waals surface area (Å²) in [5.41, 5.74) is 7.25. The number of benzene rings is 1. The largest absolute Gasteiger partial charge is 0.454 e. The van der Waals surface area contributed by atoms with Gasteiger partial charge in [-0.1, -0.05) is 0 Å². The Morgan fingerprint density at radius 2 is 2.25 bits per heavy atom. The third-order valence-corrected chi connectivity index (χ3v) is 3.02. The van der Waals surface area contributed by atoms with Crippen LogP contribution in [0.5, 0.6) is 11.5 Å². The summed E-state index contributed by atoms with van der Waals surface area (Å²) in [6.45, 7) is 0.238. The topological polar surface area (TPSA) is 73.2 Å². The zero-order chi connectivity index (χ0) is 11.1. The Morgan fingerprint density at radius 3 is 3.00 bits per heavy atom. The van der Waals surface area contributed by atoms with Gasteiger partial charge in [0, 0.05) is 10.5 Å². The number of nitrogens with two attached hydrogens (primary N) is 1. The van der Waals surface area contributed by atoms with Gasteiger partial charge >= 0.3 is 0 Å². The number of ether oxygens (including phenoxy) is 2. The van der Waals surface area contributed by atoms with Crippen molar-refractivity contribution in [3.63, 3.8) is 0 Å². The number of nitrogens with zero attached hydrogens (tertiary/aromatic N) is 1. The van der Waals surface area contributed by atoms with E-state index >= 15 is 0 Å².